The van der Waals surface area contributed by atoms with Gasteiger partial charge in [0, 0.05) is 23.9 Å². The summed E-state index contributed by atoms with van der Waals surface area (Å²) >= 11 is 0. The van der Waals surface area contributed by atoms with E-state index in [2.05, 4.69) is 38.6 Å². The van der Waals surface area contributed by atoms with Crippen molar-refractivity contribution in [1.29, 1.82) is 0 Å². The lowest BCUT2D eigenvalue weighted by Gasteiger charge is -2.14. The predicted octanol–water partition coefficient (Wildman–Crippen LogP) is 6.97. The maximum Gasteiger partial charge on any atom is 0.341 e. The fraction of sp³-hybridized carbons (Fsp3) is 0.320. The predicted molar refractivity (Wildman–Crippen MR) is 257 cm³/mol. The van der Waals surface area contributed by atoms with Gasteiger partial charge in [-0.2, -0.15) is 0 Å². The van der Waals surface area contributed by atoms with Crippen LogP contribution in [0.2, 0.25) is 0 Å². The molecule has 0 saturated heterocycles. The maximum absolute atomic E-state index is 12.7. The minimum absolute atomic E-state index is 0.0201. The Labute approximate surface area is 397 Å². The number of fused-ring (bicyclic) bond motifs is 2. The Morgan fingerprint density at radius 2 is 1.04 bits per heavy atom. The van der Waals surface area contributed by atoms with E-state index >= 15 is 0 Å². The molecule has 0 bridgehead atoms. The molecule has 0 aliphatic heterocycles. The van der Waals surface area contributed by atoms with E-state index in [-0.39, 0.29) is 40.3 Å². The van der Waals surface area contributed by atoms with Crippen molar-refractivity contribution in [3.8, 4) is 34.5 Å². The largest absolute Gasteiger partial charge is 0.507 e. The number of methoxy groups -OCH3 is 4. The van der Waals surface area contributed by atoms with E-state index in [1.807, 2.05) is 0 Å². The average Bonchev–Trinajstić information content (AvgIpc) is 3.35. The molecular weight excluding hydrogens is 897 g/mol. The molecule has 1 amide bonds. The molecule has 368 valence electrons. The molecule has 6 rings (SSSR count). The number of aromatic carboxylic acids is 1. The Kier molecular flexibility index (Phi) is 20.4. The second-order valence-corrected chi connectivity index (χ2v) is 15.1. The first-order valence-corrected chi connectivity index (χ1v) is 21.9. The summed E-state index contributed by atoms with van der Waals surface area (Å²) in [7, 11) is 5.52. The molecule has 0 aliphatic carbocycles. The van der Waals surface area contributed by atoms with Crippen LogP contribution in [-0.4, -0.2) is 90.8 Å². The summed E-state index contributed by atoms with van der Waals surface area (Å²) < 4.78 is 31.4. The third-order valence-corrected chi connectivity index (χ3v) is 10.4. The van der Waals surface area contributed by atoms with Crippen LogP contribution >= 0.6 is 0 Å². The number of carbonyl (C=O) groups excluding carboxylic acids is 3. The van der Waals surface area contributed by atoms with Gasteiger partial charge in [-0.25, -0.2) is 14.4 Å². The highest BCUT2D eigenvalue weighted by atomic mass is 16.5. The second kappa shape index (κ2) is 26.3. The Morgan fingerprint density at radius 1 is 0.594 bits per heavy atom. The quantitative estimate of drug-likeness (QED) is 0.0319. The summed E-state index contributed by atoms with van der Waals surface area (Å²) in [6.45, 7) is 5.56. The topological polar surface area (TPSA) is 288 Å². The zero-order chi connectivity index (χ0) is 50.6. The Morgan fingerprint density at radius 3 is 1.46 bits per heavy atom. The monoisotopic (exact) mass is 954 g/mol. The number of aromatic amines is 2. The number of H-pyrrole nitrogens is 2. The standard InChI is InChI=1S/C25H28N2O7.C16H19NO5.C9H11NO3/c1-4-5-6-11-34-22-20(32-2)10-8-16-13-18(24(30)27-21(16)22)23(29)26-14-15-7-9-17(19(28)12-15)25(31)33-3;1-3-4-5-8-22-14-12(21-2)7-6-10-9-11(16(19)20)15(18)17-13(10)14;1-13-9(12)7-3-2-6(5-10)4-8(7)11/h7-10,12-13,28H,4-6,11,14H2,1-3H3,(H,26,29)(H,27,30);6-7,9H,3-5,8H2,1-2H3,(H,17,18)(H,19,20);2-4,11H,5,10H2,1H3. The van der Waals surface area contributed by atoms with Crippen LogP contribution in [0.15, 0.2) is 82.4 Å². The second-order valence-electron chi connectivity index (χ2n) is 15.1. The number of esters is 2. The van der Waals surface area contributed by atoms with E-state index in [0.29, 0.717) is 70.1 Å². The molecule has 6 aromatic rings. The lowest BCUT2D eigenvalue weighted by molar-refractivity contribution is 0.0588. The molecule has 0 saturated carbocycles. The molecule has 8 N–H and O–H groups in total. The first-order valence-electron chi connectivity index (χ1n) is 21.9. The number of nitrogens with two attached hydrogens (primary N) is 1. The number of hydrogen-bond donors (Lipinski definition) is 7. The minimum atomic E-state index is -1.26. The van der Waals surface area contributed by atoms with Crippen LogP contribution < -0.4 is 41.1 Å². The molecule has 0 unspecified atom stereocenters. The lowest BCUT2D eigenvalue weighted by atomic mass is 10.1. The van der Waals surface area contributed by atoms with E-state index in [9.17, 15) is 39.0 Å². The van der Waals surface area contributed by atoms with E-state index in [0.717, 1.165) is 44.1 Å². The number of phenolic OH excluding ortho intramolecular Hbond substituents is 2. The van der Waals surface area contributed by atoms with Gasteiger partial charge in [-0.3, -0.25) is 14.4 Å². The van der Waals surface area contributed by atoms with Crippen LogP contribution in [0.4, 0.5) is 0 Å². The molecular formula is C50H58N4O15. The number of aromatic hydroxyl groups is 2. The third kappa shape index (κ3) is 14.2. The molecule has 0 aliphatic rings. The van der Waals surface area contributed by atoms with Gasteiger partial charge in [0.2, 0.25) is 0 Å². The van der Waals surface area contributed by atoms with Crippen molar-refractivity contribution in [3.63, 3.8) is 0 Å². The first kappa shape index (κ1) is 53.6. The molecule has 2 aromatic heterocycles. The molecule has 19 heteroatoms. The highest BCUT2D eigenvalue weighted by molar-refractivity contribution is 5.99. The van der Waals surface area contributed by atoms with Crippen LogP contribution in [0.3, 0.4) is 0 Å². The number of unbranched alkanes of at least 4 members (excludes halogenated alkanes) is 4. The fourth-order valence-electron chi connectivity index (χ4n) is 6.68. The number of carbonyl (C=O) groups is 4. The number of rotatable bonds is 19. The molecule has 0 radical (unpaired) electrons. The number of ether oxygens (including phenoxy) is 6. The number of carboxylic acids is 1. The molecule has 69 heavy (non-hydrogen) atoms. The van der Waals surface area contributed by atoms with Crippen molar-refractivity contribution in [2.45, 2.75) is 65.5 Å². The smallest absolute Gasteiger partial charge is 0.341 e. The summed E-state index contributed by atoms with van der Waals surface area (Å²) in [6, 6.07) is 18.6. The lowest BCUT2D eigenvalue weighted by Crippen LogP contribution is -2.29. The highest BCUT2D eigenvalue weighted by Gasteiger charge is 2.19. The van der Waals surface area contributed by atoms with E-state index in [1.54, 1.807) is 36.4 Å². The zero-order valence-corrected chi connectivity index (χ0v) is 39.3. The summed E-state index contributed by atoms with van der Waals surface area (Å²) in [5, 5.41) is 32.3. The van der Waals surface area contributed by atoms with Crippen LogP contribution in [-0.2, 0) is 22.6 Å². The molecule has 0 fully saturated rings. The average molecular weight is 955 g/mol. The van der Waals surface area contributed by atoms with E-state index < -0.39 is 34.9 Å². The molecule has 4 aromatic carbocycles. The highest BCUT2D eigenvalue weighted by Crippen LogP contribution is 2.35. The van der Waals surface area contributed by atoms with Gasteiger partial charge < -0.3 is 64.8 Å². The number of amides is 1. The minimum Gasteiger partial charge on any atom is -0.507 e. The number of phenols is 2. The number of hydrogen-bond acceptors (Lipinski definition) is 15. The Bertz CT molecular complexity index is 2870. The summed E-state index contributed by atoms with van der Waals surface area (Å²) in [5.41, 5.74) is 6.15. The number of pyridine rings is 2. The van der Waals surface area contributed by atoms with Gasteiger partial charge >= 0.3 is 17.9 Å². The molecule has 2 heterocycles. The van der Waals surface area contributed by atoms with Gasteiger partial charge in [0.15, 0.2) is 23.0 Å². The van der Waals surface area contributed by atoms with Crippen LogP contribution in [0.25, 0.3) is 21.8 Å². The third-order valence-electron chi connectivity index (χ3n) is 10.4. The summed E-state index contributed by atoms with van der Waals surface area (Å²) in [6.07, 6.45) is 5.98. The summed E-state index contributed by atoms with van der Waals surface area (Å²) in [5.74, 6) is -1.56. The van der Waals surface area contributed by atoms with E-state index in [1.165, 1.54) is 64.8 Å². The van der Waals surface area contributed by atoms with Crippen LogP contribution in [0.1, 0.15) is 105 Å². The zero-order valence-electron chi connectivity index (χ0n) is 39.3. The van der Waals surface area contributed by atoms with Gasteiger partial charge in [-0.1, -0.05) is 51.7 Å². The van der Waals surface area contributed by atoms with Crippen molar-refractivity contribution >= 4 is 45.6 Å². The van der Waals surface area contributed by atoms with Gasteiger partial charge in [0.05, 0.1) is 52.7 Å². The molecule has 19 nitrogen and oxygen atoms in total. The normalized spacial score (nSPS) is 10.5. The number of carboxylic acid groups (broad SMARTS) is 1. The van der Waals surface area contributed by atoms with Gasteiger partial charge in [0.1, 0.15) is 33.8 Å². The Balaban J connectivity index is 0.000000252. The van der Waals surface area contributed by atoms with Gasteiger partial charge in [-0.15, -0.1) is 0 Å². The van der Waals surface area contributed by atoms with Crippen LogP contribution in [0, 0.1) is 0 Å². The molecule has 0 spiro atoms. The van der Waals surface area contributed by atoms with Crippen molar-refractivity contribution < 1.29 is 62.9 Å². The maximum atomic E-state index is 12.7. The van der Waals surface area contributed by atoms with Gasteiger partial charge in [-0.05, 0) is 84.6 Å². The molecule has 0 atom stereocenters. The fourth-order valence-corrected chi connectivity index (χ4v) is 6.68. The van der Waals surface area contributed by atoms with Crippen molar-refractivity contribution in [2.24, 2.45) is 5.73 Å². The van der Waals surface area contributed by atoms with Crippen molar-refractivity contribution in [2.75, 3.05) is 41.7 Å². The van der Waals surface area contributed by atoms with Gasteiger partial charge in [0.25, 0.3) is 17.0 Å². The number of benzene rings is 4. The van der Waals surface area contributed by atoms with E-state index in [4.69, 9.17) is 29.8 Å². The SMILES string of the molecule is CCCCCOc1c(OC)ccc2cc(C(=O)NCc3ccc(C(=O)OC)c(O)c3)c(=O)[nH]c12.CCCCCOc1c(OC)ccc2cc(C(=O)O)c(=O)[nH]c12.COC(=O)c1ccc(CN)cc1O. The number of nitrogens with one attached hydrogen (secondary N) is 3. The number of aromatic nitrogens is 2. The Hall–Kier alpha value is -8.06. The van der Waals surface area contributed by atoms with Crippen LogP contribution in [0.5, 0.6) is 34.5 Å². The first-order chi connectivity index (χ1) is 33.2. The summed E-state index contributed by atoms with van der Waals surface area (Å²) in [4.78, 5) is 76.3. The van der Waals surface area contributed by atoms with Crippen molar-refractivity contribution in [3.05, 3.63) is 127 Å². The van der Waals surface area contributed by atoms with Crippen molar-refractivity contribution in [1.82, 2.24) is 15.3 Å².